The molecule has 4 heteroatoms. The molecule has 0 aliphatic rings. The van der Waals surface area contributed by atoms with E-state index in [0.29, 0.717) is 12.1 Å². The van der Waals surface area contributed by atoms with Gasteiger partial charge in [0.05, 0.1) is 17.2 Å². The van der Waals surface area contributed by atoms with Crippen molar-refractivity contribution in [3.8, 4) is 6.07 Å². The van der Waals surface area contributed by atoms with Crippen LogP contribution in [0.15, 0.2) is 12.1 Å². The summed E-state index contributed by atoms with van der Waals surface area (Å²) in [6.07, 6.45) is 0. The molecule has 1 N–H and O–H groups in total. The van der Waals surface area contributed by atoms with Gasteiger partial charge in [0, 0.05) is 18.8 Å². The number of nitriles is 1. The summed E-state index contributed by atoms with van der Waals surface area (Å²) >= 11 is 0. The van der Waals surface area contributed by atoms with E-state index in [1.165, 1.54) is 0 Å². The Bertz CT molecular complexity index is 429. The number of aliphatic hydroxyl groups is 1. The minimum absolute atomic E-state index is 0.491. The van der Waals surface area contributed by atoms with Crippen LogP contribution in [-0.4, -0.2) is 28.8 Å². The van der Waals surface area contributed by atoms with Crippen molar-refractivity contribution in [3.05, 3.63) is 23.4 Å². The predicted octanol–water partition coefficient (Wildman–Crippen LogP) is 1.86. The summed E-state index contributed by atoms with van der Waals surface area (Å²) in [6, 6.07) is 5.62. The maximum atomic E-state index is 9.84. The molecule has 0 radical (unpaired) electrons. The van der Waals surface area contributed by atoms with Crippen LogP contribution in [0.25, 0.3) is 0 Å². The van der Waals surface area contributed by atoms with Crippen molar-refractivity contribution in [1.29, 1.82) is 5.26 Å². The van der Waals surface area contributed by atoms with Gasteiger partial charge in [-0.2, -0.15) is 5.26 Å². The molecule has 0 bridgehead atoms. The summed E-state index contributed by atoms with van der Waals surface area (Å²) in [5, 5.41) is 18.8. The van der Waals surface area contributed by atoms with Gasteiger partial charge in [-0.15, -0.1) is 0 Å². The summed E-state index contributed by atoms with van der Waals surface area (Å²) in [7, 11) is 0. The van der Waals surface area contributed by atoms with Crippen molar-refractivity contribution in [2.45, 2.75) is 33.3 Å². The molecule has 0 fully saturated rings. The van der Waals surface area contributed by atoms with Gasteiger partial charge in [-0.1, -0.05) is 0 Å². The van der Waals surface area contributed by atoms with Crippen LogP contribution >= 0.6 is 0 Å². The van der Waals surface area contributed by atoms with Crippen molar-refractivity contribution in [3.63, 3.8) is 0 Å². The molecule has 1 heterocycles. The van der Waals surface area contributed by atoms with Crippen LogP contribution in [0, 0.1) is 18.3 Å². The second-order valence-electron chi connectivity index (χ2n) is 4.79. The zero-order valence-electron chi connectivity index (χ0n) is 10.9. The predicted molar refractivity (Wildman–Crippen MR) is 67.9 cm³/mol. The fourth-order valence-electron chi connectivity index (χ4n) is 1.70. The molecule has 0 aliphatic heterocycles. The highest BCUT2D eigenvalue weighted by molar-refractivity contribution is 5.46. The van der Waals surface area contributed by atoms with E-state index in [0.717, 1.165) is 18.1 Å². The molecule has 0 aromatic carbocycles. The number of aromatic nitrogens is 1. The zero-order chi connectivity index (χ0) is 13.1. The average Bonchev–Trinajstić information content (AvgIpc) is 2.23. The number of hydrogen-bond acceptors (Lipinski definition) is 4. The molecule has 0 saturated heterocycles. The Hall–Kier alpha value is -1.60. The molecule has 0 saturated carbocycles. The maximum absolute atomic E-state index is 9.84. The molecule has 0 aliphatic carbocycles. The smallest absolute Gasteiger partial charge is 0.130 e. The summed E-state index contributed by atoms with van der Waals surface area (Å²) < 4.78 is 0. The highest BCUT2D eigenvalue weighted by atomic mass is 16.3. The van der Waals surface area contributed by atoms with Crippen LogP contribution in [-0.2, 0) is 0 Å². The van der Waals surface area contributed by atoms with Gasteiger partial charge in [-0.05, 0) is 39.8 Å². The van der Waals surface area contributed by atoms with Gasteiger partial charge in [0.25, 0.3) is 0 Å². The van der Waals surface area contributed by atoms with Crippen molar-refractivity contribution in [1.82, 2.24) is 4.98 Å². The largest absolute Gasteiger partial charge is 0.389 e. The third kappa shape index (κ3) is 4.04. The monoisotopic (exact) mass is 233 g/mol. The van der Waals surface area contributed by atoms with E-state index in [2.05, 4.69) is 11.1 Å². The molecule has 0 amide bonds. The van der Waals surface area contributed by atoms with E-state index in [-0.39, 0.29) is 0 Å². The van der Waals surface area contributed by atoms with Crippen LogP contribution in [0.2, 0.25) is 0 Å². The molecule has 4 nitrogen and oxygen atoms in total. The number of anilines is 1. The van der Waals surface area contributed by atoms with Gasteiger partial charge >= 0.3 is 0 Å². The van der Waals surface area contributed by atoms with Gasteiger partial charge in [0.1, 0.15) is 5.82 Å². The lowest BCUT2D eigenvalue weighted by Crippen LogP contribution is -2.39. The molecule has 0 spiro atoms. The number of hydrogen-bond donors (Lipinski definition) is 1. The Labute approximate surface area is 103 Å². The fraction of sp³-hybridized carbons (Fsp3) is 0.538. The van der Waals surface area contributed by atoms with Crippen molar-refractivity contribution in [2.75, 3.05) is 18.0 Å². The topological polar surface area (TPSA) is 60.1 Å². The Balaban J connectivity index is 3.04. The molecule has 0 atom stereocenters. The first-order valence-corrected chi connectivity index (χ1v) is 5.72. The lowest BCUT2D eigenvalue weighted by atomic mass is 10.1. The van der Waals surface area contributed by atoms with Gasteiger partial charge in [-0.3, -0.25) is 0 Å². The third-order valence-electron chi connectivity index (χ3n) is 2.35. The minimum atomic E-state index is -0.783. The Morgan fingerprint density at radius 3 is 2.59 bits per heavy atom. The SMILES string of the molecule is CCN(CC(C)(C)O)c1cc(C#N)cc(C)n1. The highest BCUT2D eigenvalue weighted by Gasteiger charge is 2.18. The second-order valence-corrected chi connectivity index (χ2v) is 4.79. The van der Waals surface area contributed by atoms with Crippen LogP contribution in [0.1, 0.15) is 32.0 Å². The van der Waals surface area contributed by atoms with Crippen LogP contribution in [0.3, 0.4) is 0 Å². The van der Waals surface area contributed by atoms with E-state index in [1.54, 1.807) is 26.0 Å². The van der Waals surface area contributed by atoms with E-state index in [4.69, 9.17) is 5.26 Å². The molecular formula is C13H19N3O. The van der Waals surface area contributed by atoms with E-state index in [1.807, 2.05) is 18.7 Å². The summed E-state index contributed by atoms with van der Waals surface area (Å²) in [6.45, 7) is 8.62. The normalized spacial score (nSPS) is 11.1. The maximum Gasteiger partial charge on any atom is 0.130 e. The highest BCUT2D eigenvalue weighted by Crippen LogP contribution is 2.17. The van der Waals surface area contributed by atoms with Crippen molar-refractivity contribution < 1.29 is 5.11 Å². The van der Waals surface area contributed by atoms with Gasteiger partial charge in [0.15, 0.2) is 0 Å². The summed E-state index contributed by atoms with van der Waals surface area (Å²) in [4.78, 5) is 6.37. The lowest BCUT2D eigenvalue weighted by molar-refractivity contribution is 0.0874. The number of nitrogens with zero attached hydrogens (tertiary/aromatic N) is 3. The van der Waals surface area contributed by atoms with Gasteiger partial charge in [-0.25, -0.2) is 4.98 Å². The first-order valence-electron chi connectivity index (χ1n) is 5.72. The number of likely N-dealkylation sites (N-methyl/N-ethyl adjacent to an activating group) is 1. The van der Waals surface area contributed by atoms with E-state index in [9.17, 15) is 5.11 Å². The number of rotatable bonds is 4. The van der Waals surface area contributed by atoms with E-state index >= 15 is 0 Å². The fourth-order valence-corrected chi connectivity index (χ4v) is 1.70. The number of aryl methyl sites for hydroxylation is 1. The Morgan fingerprint density at radius 2 is 2.12 bits per heavy atom. The number of pyridine rings is 1. The van der Waals surface area contributed by atoms with Gasteiger partial charge < -0.3 is 10.0 Å². The Morgan fingerprint density at radius 1 is 1.47 bits per heavy atom. The van der Waals surface area contributed by atoms with E-state index < -0.39 is 5.60 Å². The minimum Gasteiger partial charge on any atom is -0.389 e. The van der Waals surface area contributed by atoms with Crippen LogP contribution in [0.4, 0.5) is 5.82 Å². The summed E-state index contributed by atoms with van der Waals surface area (Å²) in [5.41, 5.74) is 0.628. The quantitative estimate of drug-likeness (QED) is 0.862. The van der Waals surface area contributed by atoms with Crippen LogP contribution in [0.5, 0.6) is 0 Å². The Kier molecular flexibility index (Phi) is 4.08. The molecule has 17 heavy (non-hydrogen) atoms. The molecule has 1 rings (SSSR count). The van der Waals surface area contributed by atoms with Crippen molar-refractivity contribution >= 4 is 5.82 Å². The zero-order valence-corrected chi connectivity index (χ0v) is 10.9. The van der Waals surface area contributed by atoms with Crippen LogP contribution < -0.4 is 4.90 Å². The first kappa shape index (κ1) is 13.5. The summed E-state index contributed by atoms with van der Waals surface area (Å²) in [5.74, 6) is 0.742. The average molecular weight is 233 g/mol. The first-order chi connectivity index (χ1) is 7.85. The second kappa shape index (κ2) is 5.15. The lowest BCUT2D eigenvalue weighted by Gasteiger charge is -2.29. The molecule has 0 unspecified atom stereocenters. The molecular weight excluding hydrogens is 214 g/mol. The molecule has 1 aromatic rings. The third-order valence-corrected chi connectivity index (χ3v) is 2.35. The molecule has 92 valence electrons. The van der Waals surface area contributed by atoms with Crippen molar-refractivity contribution in [2.24, 2.45) is 0 Å². The molecule has 1 aromatic heterocycles. The van der Waals surface area contributed by atoms with Gasteiger partial charge in [0.2, 0.25) is 0 Å². The standard InChI is InChI=1S/C13H19N3O/c1-5-16(9-13(3,4)17)12-7-11(8-14)6-10(2)15-12/h6-7,17H,5,9H2,1-4H3.